The Kier molecular flexibility index (Phi) is 7.98. The summed E-state index contributed by atoms with van der Waals surface area (Å²) in [5.41, 5.74) is 2.81. The molecule has 2 amide bonds. The largest absolute Gasteiger partial charge is 0.493 e. The maximum absolute atomic E-state index is 12.6. The standard InChI is InChI=1S/C23H22BrNO6S/c1-4-30-20(26)12-25-22(27)19(32-23(25)28)11-16-9-17(24)21(18(10-16)29-3)31-13-15-7-5-6-14(2)8-15/h5-11H,4,12-13H2,1-3H3/b19-11+. The van der Waals surface area contributed by atoms with E-state index in [2.05, 4.69) is 15.9 Å². The van der Waals surface area contributed by atoms with Crippen LogP contribution in [-0.2, 0) is 20.9 Å². The molecule has 32 heavy (non-hydrogen) atoms. The molecule has 1 heterocycles. The van der Waals surface area contributed by atoms with Gasteiger partial charge in [-0.2, -0.15) is 0 Å². The van der Waals surface area contributed by atoms with Crippen molar-refractivity contribution in [2.45, 2.75) is 20.5 Å². The number of methoxy groups -OCH3 is 1. The number of nitrogens with zero attached hydrogens (tertiary/aromatic N) is 1. The molecule has 0 spiro atoms. The molecule has 168 valence electrons. The number of esters is 1. The molecule has 0 aliphatic carbocycles. The number of imide groups is 1. The Labute approximate surface area is 198 Å². The van der Waals surface area contributed by atoms with Gasteiger partial charge in [-0.15, -0.1) is 0 Å². The lowest BCUT2D eigenvalue weighted by Gasteiger charge is -2.14. The Bertz CT molecular complexity index is 1080. The fourth-order valence-electron chi connectivity index (χ4n) is 3.04. The maximum Gasteiger partial charge on any atom is 0.326 e. The topological polar surface area (TPSA) is 82.1 Å². The third-order valence-corrected chi connectivity index (χ3v) is 5.98. The van der Waals surface area contributed by atoms with Crippen molar-refractivity contribution in [3.05, 3.63) is 62.5 Å². The van der Waals surface area contributed by atoms with E-state index in [1.165, 1.54) is 7.11 Å². The van der Waals surface area contributed by atoms with E-state index in [0.717, 1.165) is 27.8 Å². The predicted octanol–water partition coefficient (Wildman–Crippen LogP) is 4.94. The van der Waals surface area contributed by atoms with Crippen LogP contribution in [0.1, 0.15) is 23.6 Å². The molecule has 1 saturated heterocycles. The molecule has 1 aliphatic heterocycles. The van der Waals surface area contributed by atoms with Crippen LogP contribution in [-0.4, -0.2) is 42.3 Å². The first-order valence-electron chi connectivity index (χ1n) is 9.79. The number of rotatable bonds is 8. The highest BCUT2D eigenvalue weighted by Crippen LogP contribution is 2.39. The summed E-state index contributed by atoms with van der Waals surface area (Å²) in [5, 5.41) is -0.515. The highest BCUT2D eigenvalue weighted by Gasteiger charge is 2.36. The van der Waals surface area contributed by atoms with Crippen LogP contribution < -0.4 is 9.47 Å². The number of hydrogen-bond acceptors (Lipinski definition) is 7. The van der Waals surface area contributed by atoms with Gasteiger partial charge >= 0.3 is 5.97 Å². The number of amides is 2. The van der Waals surface area contributed by atoms with Gasteiger partial charge in [-0.25, -0.2) is 0 Å². The minimum atomic E-state index is -0.629. The van der Waals surface area contributed by atoms with Crippen molar-refractivity contribution in [3.63, 3.8) is 0 Å². The molecule has 1 aliphatic rings. The molecule has 0 bridgehead atoms. The minimum Gasteiger partial charge on any atom is -0.493 e. The van der Waals surface area contributed by atoms with Crippen LogP contribution in [0.2, 0.25) is 0 Å². The zero-order valence-electron chi connectivity index (χ0n) is 17.8. The van der Waals surface area contributed by atoms with Crippen LogP contribution in [0.5, 0.6) is 11.5 Å². The summed E-state index contributed by atoms with van der Waals surface area (Å²) in [6, 6.07) is 11.5. The summed E-state index contributed by atoms with van der Waals surface area (Å²) in [7, 11) is 1.53. The molecule has 2 aromatic carbocycles. The van der Waals surface area contributed by atoms with Crippen molar-refractivity contribution in [3.8, 4) is 11.5 Å². The number of thioether (sulfide) groups is 1. The molecule has 2 aromatic rings. The van der Waals surface area contributed by atoms with Crippen molar-refractivity contribution in [2.75, 3.05) is 20.3 Å². The lowest BCUT2D eigenvalue weighted by molar-refractivity contribution is -0.145. The zero-order valence-corrected chi connectivity index (χ0v) is 20.2. The average molecular weight is 520 g/mol. The smallest absolute Gasteiger partial charge is 0.326 e. The normalized spacial score (nSPS) is 14.8. The molecule has 1 fully saturated rings. The molecule has 0 saturated carbocycles. The van der Waals surface area contributed by atoms with E-state index in [1.807, 2.05) is 31.2 Å². The molecule has 0 N–H and O–H groups in total. The highest BCUT2D eigenvalue weighted by molar-refractivity contribution is 9.10. The second-order valence-corrected chi connectivity index (χ2v) is 8.73. The van der Waals surface area contributed by atoms with Gasteiger partial charge in [0.2, 0.25) is 0 Å². The third-order valence-electron chi connectivity index (χ3n) is 4.48. The second-order valence-electron chi connectivity index (χ2n) is 6.88. The van der Waals surface area contributed by atoms with Gasteiger partial charge in [0, 0.05) is 0 Å². The third kappa shape index (κ3) is 5.72. The van der Waals surface area contributed by atoms with E-state index >= 15 is 0 Å². The Morgan fingerprint density at radius 2 is 2.00 bits per heavy atom. The Morgan fingerprint density at radius 3 is 2.69 bits per heavy atom. The van der Waals surface area contributed by atoms with Crippen LogP contribution in [0.25, 0.3) is 6.08 Å². The van der Waals surface area contributed by atoms with Crippen LogP contribution in [0, 0.1) is 6.92 Å². The lowest BCUT2D eigenvalue weighted by Crippen LogP contribution is -2.34. The highest BCUT2D eigenvalue weighted by atomic mass is 79.9. The van der Waals surface area contributed by atoms with Gasteiger partial charge in [0.25, 0.3) is 11.1 Å². The average Bonchev–Trinajstić information content (AvgIpc) is 3.00. The van der Waals surface area contributed by atoms with Crippen LogP contribution in [0.4, 0.5) is 4.79 Å². The van der Waals surface area contributed by atoms with Crippen molar-refractivity contribution in [1.29, 1.82) is 0 Å². The first-order valence-corrected chi connectivity index (χ1v) is 11.4. The fraction of sp³-hybridized carbons (Fsp3) is 0.261. The lowest BCUT2D eigenvalue weighted by atomic mass is 10.1. The summed E-state index contributed by atoms with van der Waals surface area (Å²) >= 11 is 4.27. The van der Waals surface area contributed by atoms with Gasteiger partial charge in [-0.1, -0.05) is 29.8 Å². The second kappa shape index (κ2) is 10.7. The van der Waals surface area contributed by atoms with Crippen LogP contribution in [0.3, 0.4) is 0 Å². The molecule has 9 heteroatoms. The van der Waals surface area contributed by atoms with E-state index in [9.17, 15) is 14.4 Å². The number of halogens is 1. The summed E-state index contributed by atoms with van der Waals surface area (Å²) in [5.74, 6) is -0.163. The first-order chi connectivity index (χ1) is 15.3. The van der Waals surface area contributed by atoms with Crippen molar-refractivity contribution >= 4 is 50.9 Å². The molecule has 0 unspecified atom stereocenters. The number of ether oxygens (including phenoxy) is 3. The molecule has 0 aromatic heterocycles. The van der Waals surface area contributed by atoms with E-state index in [4.69, 9.17) is 14.2 Å². The Hall–Kier alpha value is -2.78. The zero-order chi connectivity index (χ0) is 23.3. The monoisotopic (exact) mass is 519 g/mol. The van der Waals surface area contributed by atoms with Crippen molar-refractivity contribution < 1.29 is 28.6 Å². The Balaban J connectivity index is 1.79. The number of benzene rings is 2. The van der Waals surface area contributed by atoms with Crippen LogP contribution in [0.15, 0.2) is 45.8 Å². The summed E-state index contributed by atoms with van der Waals surface area (Å²) in [6.45, 7) is 3.81. The van der Waals surface area contributed by atoms with Crippen molar-refractivity contribution in [2.24, 2.45) is 0 Å². The van der Waals surface area contributed by atoms with E-state index < -0.39 is 23.7 Å². The van der Waals surface area contributed by atoms with Gasteiger partial charge in [0.15, 0.2) is 11.5 Å². The fourth-order valence-corrected chi connectivity index (χ4v) is 4.46. The molecule has 0 radical (unpaired) electrons. The minimum absolute atomic E-state index is 0.178. The maximum atomic E-state index is 12.6. The molecule has 7 nitrogen and oxygen atoms in total. The van der Waals surface area contributed by atoms with Gasteiger partial charge in [0.05, 0.1) is 23.1 Å². The van der Waals surface area contributed by atoms with Crippen molar-refractivity contribution in [1.82, 2.24) is 4.90 Å². The van der Waals surface area contributed by atoms with E-state index in [-0.39, 0.29) is 11.5 Å². The van der Waals surface area contributed by atoms with E-state index in [0.29, 0.717) is 28.1 Å². The van der Waals surface area contributed by atoms with Gasteiger partial charge in [-0.3, -0.25) is 19.3 Å². The Morgan fingerprint density at radius 1 is 1.22 bits per heavy atom. The molecular weight excluding hydrogens is 498 g/mol. The summed E-state index contributed by atoms with van der Waals surface area (Å²) < 4.78 is 16.9. The van der Waals surface area contributed by atoms with Gasteiger partial charge in [0.1, 0.15) is 13.2 Å². The molecule has 0 atom stereocenters. The summed E-state index contributed by atoms with van der Waals surface area (Å²) in [4.78, 5) is 37.5. The number of hydrogen-bond donors (Lipinski definition) is 0. The van der Waals surface area contributed by atoms with Gasteiger partial charge < -0.3 is 14.2 Å². The predicted molar refractivity (Wildman–Crippen MR) is 126 cm³/mol. The number of aryl methyl sites for hydroxylation is 1. The van der Waals surface area contributed by atoms with Gasteiger partial charge in [-0.05, 0) is 70.9 Å². The number of carbonyl (C=O) groups excluding carboxylic acids is 3. The SMILES string of the molecule is CCOC(=O)CN1C(=O)S/C(=C/c2cc(Br)c(OCc3cccc(C)c3)c(OC)c2)C1=O. The molecular formula is C23H22BrNO6S. The quantitative estimate of drug-likeness (QED) is 0.360. The summed E-state index contributed by atoms with van der Waals surface area (Å²) in [6.07, 6.45) is 1.58. The van der Waals surface area contributed by atoms with E-state index in [1.54, 1.807) is 25.1 Å². The molecule has 3 rings (SSSR count). The number of carbonyl (C=O) groups is 3. The van der Waals surface area contributed by atoms with Crippen LogP contribution >= 0.6 is 27.7 Å². The first kappa shape index (κ1) is 23.9.